The van der Waals surface area contributed by atoms with Gasteiger partial charge in [-0.25, -0.2) is 9.59 Å². The molecule has 1 aliphatic heterocycles. The number of nitrogens with zero attached hydrogens (tertiary/aromatic N) is 1. The Hall–Kier alpha value is -4.40. The molecule has 3 atom stereocenters. The second-order valence-electron chi connectivity index (χ2n) is 10.3. The van der Waals surface area contributed by atoms with Crippen LogP contribution < -0.4 is 5.32 Å². The molecule has 4 aromatic carbocycles. The predicted octanol–water partition coefficient (Wildman–Crippen LogP) is 5.54. The number of ether oxygens (including phenoxy) is 2. The van der Waals surface area contributed by atoms with Crippen molar-refractivity contribution in [1.82, 2.24) is 10.2 Å². The van der Waals surface area contributed by atoms with Crippen molar-refractivity contribution < 1.29 is 29.3 Å². The van der Waals surface area contributed by atoms with Gasteiger partial charge >= 0.3 is 12.2 Å². The minimum atomic E-state index is -1.03. The fourth-order valence-electron chi connectivity index (χ4n) is 5.41. The first-order valence-corrected chi connectivity index (χ1v) is 13.7. The highest BCUT2D eigenvalue weighted by Gasteiger charge is 2.40. The Balaban J connectivity index is 1.25. The molecule has 0 saturated carbocycles. The highest BCUT2D eigenvalue weighted by atomic mass is 16.5. The van der Waals surface area contributed by atoms with Crippen LogP contribution in [0, 0.1) is 5.92 Å². The third-order valence-electron chi connectivity index (χ3n) is 7.56. The minimum Gasteiger partial charge on any atom is -0.465 e. The number of hydrogen-bond acceptors (Lipinski definition) is 5. The summed E-state index contributed by atoms with van der Waals surface area (Å²) in [6.07, 6.45) is -1.98. The van der Waals surface area contributed by atoms with Gasteiger partial charge in [0.25, 0.3) is 0 Å². The summed E-state index contributed by atoms with van der Waals surface area (Å²) in [6, 6.07) is 31.5. The summed E-state index contributed by atoms with van der Waals surface area (Å²) < 4.78 is 11.7. The molecule has 8 heteroatoms. The minimum absolute atomic E-state index is 0.115. The lowest BCUT2D eigenvalue weighted by molar-refractivity contribution is -0.0483. The van der Waals surface area contributed by atoms with Crippen molar-refractivity contribution in [2.75, 3.05) is 19.7 Å². The second kappa shape index (κ2) is 13.3. The average molecular weight is 555 g/mol. The molecule has 4 aromatic rings. The van der Waals surface area contributed by atoms with Crippen LogP contribution in [0.4, 0.5) is 9.59 Å². The zero-order chi connectivity index (χ0) is 28.6. The largest absolute Gasteiger partial charge is 0.465 e. The quantitative estimate of drug-likeness (QED) is 0.251. The van der Waals surface area contributed by atoms with Gasteiger partial charge in [-0.15, -0.1) is 0 Å². The summed E-state index contributed by atoms with van der Waals surface area (Å²) in [7, 11) is 0. The van der Waals surface area contributed by atoms with Gasteiger partial charge in [-0.3, -0.25) is 0 Å². The van der Waals surface area contributed by atoms with Crippen molar-refractivity contribution >= 4 is 23.0 Å². The molecule has 2 amide bonds. The second-order valence-corrected chi connectivity index (χ2v) is 10.3. The van der Waals surface area contributed by atoms with Gasteiger partial charge in [0.05, 0.1) is 19.3 Å². The number of likely N-dealkylation sites (tertiary alicyclic amines) is 1. The summed E-state index contributed by atoms with van der Waals surface area (Å²) in [4.78, 5) is 25.3. The van der Waals surface area contributed by atoms with Crippen LogP contribution in [0.2, 0.25) is 0 Å². The molecule has 41 heavy (non-hydrogen) atoms. The molecule has 212 valence electrons. The Morgan fingerprint density at radius 3 is 2.24 bits per heavy atom. The lowest BCUT2D eigenvalue weighted by Gasteiger charge is -2.42. The summed E-state index contributed by atoms with van der Waals surface area (Å²) in [5.74, 6) is -0.535. The third-order valence-corrected chi connectivity index (χ3v) is 7.56. The highest BCUT2D eigenvalue weighted by Crippen LogP contribution is 2.36. The normalized spacial score (nSPS) is 18.7. The van der Waals surface area contributed by atoms with Crippen LogP contribution in [-0.2, 0) is 29.2 Å². The van der Waals surface area contributed by atoms with Crippen molar-refractivity contribution in [3.8, 4) is 0 Å². The number of aliphatic hydroxyl groups excluding tert-OH is 1. The maximum absolute atomic E-state index is 12.1. The van der Waals surface area contributed by atoms with Gasteiger partial charge in [-0.05, 0) is 39.1 Å². The summed E-state index contributed by atoms with van der Waals surface area (Å²) in [5.41, 5.74) is 3.74. The molecule has 0 bridgehead atoms. The van der Waals surface area contributed by atoms with Crippen molar-refractivity contribution in [3.63, 3.8) is 0 Å². The standard InChI is InChI=1S/C33H34N2O6/c36-20-29-18-35(33(38)39)19-30(40-22-25-12-13-26-8-4-5-9-28(26)16-25)31(29)27-14-10-24(11-15-27)21-41-32(37)34-17-23-6-2-1-3-7-23/h1-16,29-31,36H,17-22H2,(H,34,37)(H,38,39). The van der Waals surface area contributed by atoms with Crippen LogP contribution in [0.3, 0.4) is 0 Å². The number of fused-ring (bicyclic) bond motifs is 1. The van der Waals surface area contributed by atoms with E-state index < -0.39 is 18.3 Å². The van der Waals surface area contributed by atoms with E-state index in [0.29, 0.717) is 13.2 Å². The SMILES string of the molecule is O=C(NCc1ccccc1)OCc1ccc(C2C(CO)CN(C(=O)O)CC2OCc2ccc3ccccc3c2)cc1. The number of amides is 2. The van der Waals surface area contributed by atoms with E-state index in [1.54, 1.807) is 0 Å². The van der Waals surface area contributed by atoms with E-state index in [4.69, 9.17) is 9.47 Å². The molecule has 1 saturated heterocycles. The first-order chi connectivity index (χ1) is 20.0. The van der Waals surface area contributed by atoms with E-state index in [0.717, 1.165) is 33.0 Å². The number of benzene rings is 4. The van der Waals surface area contributed by atoms with E-state index in [1.165, 1.54) is 4.90 Å². The molecule has 1 heterocycles. The molecule has 0 aliphatic carbocycles. The van der Waals surface area contributed by atoms with Gasteiger partial charge < -0.3 is 29.9 Å². The molecular formula is C33H34N2O6. The number of rotatable bonds is 9. The molecular weight excluding hydrogens is 520 g/mol. The first kappa shape index (κ1) is 28.1. The van der Waals surface area contributed by atoms with Crippen LogP contribution in [0.1, 0.15) is 28.2 Å². The zero-order valence-electron chi connectivity index (χ0n) is 22.7. The van der Waals surface area contributed by atoms with Gasteiger partial charge in [0.15, 0.2) is 0 Å². The monoisotopic (exact) mass is 554 g/mol. The van der Waals surface area contributed by atoms with Crippen molar-refractivity contribution in [2.24, 2.45) is 5.92 Å². The Morgan fingerprint density at radius 1 is 0.805 bits per heavy atom. The number of carboxylic acid groups (broad SMARTS) is 1. The zero-order valence-corrected chi connectivity index (χ0v) is 22.7. The van der Waals surface area contributed by atoms with Crippen LogP contribution in [0.25, 0.3) is 10.8 Å². The highest BCUT2D eigenvalue weighted by molar-refractivity contribution is 5.82. The number of hydrogen-bond donors (Lipinski definition) is 3. The van der Waals surface area contributed by atoms with E-state index in [-0.39, 0.29) is 38.1 Å². The van der Waals surface area contributed by atoms with Gasteiger partial charge in [-0.1, -0.05) is 91.0 Å². The first-order valence-electron chi connectivity index (χ1n) is 13.7. The molecule has 8 nitrogen and oxygen atoms in total. The van der Waals surface area contributed by atoms with Crippen LogP contribution in [-0.4, -0.2) is 53.1 Å². The summed E-state index contributed by atoms with van der Waals surface area (Å²) in [5, 5.41) is 24.9. The number of alkyl carbamates (subject to hydrolysis) is 1. The topological polar surface area (TPSA) is 108 Å². The van der Waals surface area contributed by atoms with Gasteiger partial charge in [0.2, 0.25) is 0 Å². The number of carbonyl (C=O) groups excluding carboxylic acids is 1. The maximum Gasteiger partial charge on any atom is 0.407 e. The third kappa shape index (κ3) is 7.22. The Kier molecular flexibility index (Phi) is 9.13. The Labute approximate surface area is 239 Å². The van der Waals surface area contributed by atoms with Crippen molar-refractivity contribution in [2.45, 2.75) is 31.8 Å². The van der Waals surface area contributed by atoms with Crippen LogP contribution >= 0.6 is 0 Å². The molecule has 0 spiro atoms. The molecule has 3 unspecified atom stereocenters. The number of carbonyl (C=O) groups is 2. The number of nitrogens with one attached hydrogen (secondary N) is 1. The fourth-order valence-corrected chi connectivity index (χ4v) is 5.41. The smallest absolute Gasteiger partial charge is 0.407 e. The van der Waals surface area contributed by atoms with Gasteiger partial charge in [0.1, 0.15) is 6.61 Å². The van der Waals surface area contributed by atoms with E-state index >= 15 is 0 Å². The molecule has 1 aliphatic rings. The predicted molar refractivity (Wildman–Crippen MR) is 155 cm³/mol. The summed E-state index contributed by atoms with van der Waals surface area (Å²) in [6.45, 7) is 1.08. The Bertz CT molecular complexity index is 1460. The summed E-state index contributed by atoms with van der Waals surface area (Å²) >= 11 is 0. The van der Waals surface area contributed by atoms with Crippen molar-refractivity contribution in [3.05, 3.63) is 119 Å². The van der Waals surface area contributed by atoms with Gasteiger partial charge in [-0.2, -0.15) is 0 Å². The van der Waals surface area contributed by atoms with Gasteiger partial charge in [0, 0.05) is 31.5 Å². The molecule has 0 aromatic heterocycles. The van der Waals surface area contributed by atoms with Crippen LogP contribution in [0.15, 0.2) is 97.1 Å². The molecule has 0 radical (unpaired) electrons. The maximum atomic E-state index is 12.1. The fraction of sp³-hybridized carbons (Fsp3) is 0.273. The van der Waals surface area contributed by atoms with Crippen LogP contribution in [0.5, 0.6) is 0 Å². The number of piperidine rings is 1. The van der Waals surface area contributed by atoms with Crippen molar-refractivity contribution in [1.29, 1.82) is 0 Å². The lowest BCUT2D eigenvalue weighted by atomic mass is 9.78. The van der Waals surface area contributed by atoms with E-state index in [2.05, 4.69) is 23.5 Å². The van der Waals surface area contributed by atoms with E-state index in [1.807, 2.05) is 78.9 Å². The number of aliphatic hydroxyl groups is 1. The average Bonchev–Trinajstić information content (AvgIpc) is 3.02. The molecule has 5 rings (SSSR count). The molecule has 3 N–H and O–H groups in total. The molecule has 1 fully saturated rings. The van der Waals surface area contributed by atoms with E-state index in [9.17, 15) is 19.8 Å². The Morgan fingerprint density at radius 2 is 1.51 bits per heavy atom. The lowest BCUT2D eigenvalue weighted by Crippen LogP contribution is -2.51.